The second-order valence-electron chi connectivity index (χ2n) is 4.14. The molecule has 1 atom stereocenters. The molecule has 0 spiro atoms. The largest absolute Gasteiger partial charge is 0.483 e. The van der Waals surface area contributed by atoms with Crippen molar-refractivity contribution in [2.45, 2.75) is 26.4 Å². The molecule has 0 heterocycles. The van der Waals surface area contributed by atoms with Crippen molar-refractivity contribution in [1.29, 1.82) is 0 Å². The lowest BCUT2D eigenvalue weighted by molar-refractivity contribution is -0.386. The molecule has 1 aromatic rings. The van der Waals surface area contributed by atoms with Gasteiger partial charge < -0.3 is 10.5 Å². The molecule has 1 amide bonds. The first-order valence-corrected chi connectivity index (χ1v) is 5.55. The van der Waals surface area contributed by atoms with E-state index in [4.69, 9.17) is 10.5 Å². The molecule has 2 N–H and O–H groups in total. The fraction of sp³-hybridized carbons (Fsp3) is 0.333. The number of nitrogens with two attached hydrogens (primary N) is 1. The highest BCUT2D eigenvalue weighted by molar-refractivity contribution is 5.93. The highest BCUT2D eigenvalue weighted by Crippen LogP contribution is 2.29. The van der Waals surface area contributed by atoms with Gasteiger partial charge in [0.2, 0.25) is 5.91 Å². The van der Waals surface area contributed by atoms with Crippen LogP contribution in [0.4, 0.5) is 5.69 Å². The Kier molecular flexibility index (Phi) is 4.57. The zero-order valence-corrected chi connectivity index (χ0v) is 10.6. The number of hydrogen-bond acceptors (Lipinski definition) is 5. The van der Waals surface area contributed by atoms with E-state index in [1.54, 1.807) is 6.92 Å². The quantitative estimate of drug-likeness (QED) is 0.618. The van der Waals surface area contributed by atoms with Gasteiger partial charge in [0, 0.05) is 18.1 Å². The van der Waals surface area contributed by atoms with Gasteiger partial charge in [-0.25, -0.2) is 0 Å². The molecule has 19 heavy (non-hydrogen) atoms. The molecule has 7 heteroatoms. The second-order valence-corrected chi connectivity index (χ2v) is 4.14. The van der Waals surface area contributed by atoms with E-state index < -0.39 is 16.9 Å². The molecule has 0 saturated heterocycles. The van der Waals surface area contributed by atoms with Crippen molar-refractivity contribution in [2.24, 2.45) is 5.73 Å². The maximum atomic E-state index is 11.0. The molecule has 0 bridgehead atoms. The molecule has 0 aliphatic carbocycles. The zero-order chi connectivity index (χ0) is 14.6. The van der Waals surface area contributed by atoms with E-state index in [1.807, 2.05) is 0 Å². The predicted molar refractivity (Wildman–Crippen MR) is 67.0 cm³/mol. The minimum Gasteiger partial charge on any atom is -0.483 e. The van der Waals surface area contributed by atoms with Gasteiger partial charge in [0.1, 0.15) is 11.9 Å². The molecular formula is C12H14N2O5. The maximum absolute atomic E-state index is 11.0. The average molecular weight is 266 g/mol. The van der Waals surface area contributed by atoms with Gasteiger partial charge in [-0.3, -0.25) is 19.7 Å². The van der Waals surface area contributed by atoms with Crippen LogP contribution in [0.3, 0.4) is 0 Å². The Morgan fingerprint density at radius 2 is 2.11 bits per heavy atom. The SMILES string of the molecule is CC(=O)CC(C)Oc1ccc(C(N)=O)cc1[N+](=O)[O-]. The summed E-state index contributed by atoms with van der Waals surface area (Å²) < 4.78 is 5.34. The fourth-order valence-electron chi connectivity index (χ4n) is 1.58. The van der Waals surface area contributed by atoms with Crippen LogP contribution in [-0.2, 0) is 4.79 Å². The molecule has 0 aromatic heterocycles. The summed E-state index contributed by atoms with van der Waals surface area (Å²) in [5, 5.41) is 10.9. The Hall–Kier alpha value is -2.44. The molecule has 0 aliphatic heterocycles. The van der Waals surface area contributed by atoms with Crippen molar-refractivity contribution < 1.29 is 19.2 Å². The van der Waals surface area contributed by atoms with Crippen LogP contribution in [0, 0.1) is 10.1 Å². The lowest BCUT2D eigenvalue weighted by atomic mass is 10.1. The standard InChI is InChI=1S/C12H14N2O5/c1-7(15)5-8(2)19-11-4-3-9(12(13)16)6-10(11)14(17)18/h3-4,6,8H,5H2,1-2H3,(H2,13,16). The third-order valence-electron chi connectivity index (χ3n) is 2.34. The van der Waals surface area contributed by atoms with E-state index in [1.165, 1.54) is 19.1 Å². The number of nitro benzene ring substituents is 1. The lowest BCUT2D eigenvalue weighted by Gasteiger charge is -2.13. The van der Waals surface area contributed by atoms with Crippen LogP contribution in [-0.4, -0.2) is 22.7 Å². The second kappa shape index (κ2) is 5.94. The van der Waals surface area contributed by atoms with Crippen molar-refractivity contribution in [2.75, 3.05) is 0 Å². The Labute approximate surface area is 109 Å². The summed E-state index contributed by atoms with van der Waals surface area (Å²) in [5.74, 6) is -0.834. The zero-order valence-electron chi connectivity index (χ0n) is 10.6. The van der Waals surface area contributed by atoms with Crippen molar-refractivity contribution in [3.63, 3.8) is 0 Å². The number of benzene rings is 1. The molecule has 0 saturated carbocycles. The van der Waals surface area contributed by atoms with Gasteiger partial charge in [-0.2, -0.15) is 0 Å². The number of carbonyl (C=O) groups is 2. The van der Waals surface area contributed by atoms with Gasteiger partial charge in [0.25, 0.3) is 0 Å². The van der Waals surface area contributed by atoms with Crippen molar-refractivity contribution >= 4 is 17.4 Å². The first-order valence-electron chi connectivity index (χ1n) is 5.55. The topological polar surface area (TPSA) is 113 Å². The van der Waals surface area contributed by atoms with E-state index in [0.29, 0.717) is 0 Å². The third kappa shape index (κ3) is 4.06. The van der Waals surface area contributed by atoms with E-state index >= 15 is 0 Å². The summed E-state index contributed by atoms with van der Waals surface area (Å²) in [6.07, 6.45) is -0.343. The fourth-order valence-corrected chi connectivity index (χ4v) is 1.58. The van der Waals surface area contributed by atoms with E-state index in [2.05, 4.69) is 0 Å². The van der Waals surface area contributed by atoms with E-state index in [0.717, 1.165) is 6.07 Å². The minimum absolute atomic E-state index is 0.00347. The Morgan fingerprint density at radius 3 is 2.58 bits per heavy atom. The summed E-state index contributed by atoms with van der Waals surface area (Å²) in [7, 11) is 0. The number of carbonyl (C=O) groups excluding carboxylic acids is 2. The highest BCUT2D eigenvalue weighted by atomic mass is 16.6. The van der Waals surface area contributed by atoms with Crippen LogP contribution in [0.2, 0.25) is 0 Å². The Balaban J connectivity index is 3.03. The smallest absolute Gasteiger partial charge is 0.311 e. The number of Topliss-reactive ketones (excluding diaryl/α,β-unsaturated/α-hetero) is 1. The first kappa shape index (κ1) is 14.6. The van der Waals surface area contributed by atoms with Gasteiger partial charge >= 0.3 is 5.69 Å². The number of rotatable bonds is 6. The van der Waals surface area contributed by atoms with Gasteiger partial charge in [-0.05, 0) is 26.0 Å². The number of hydrogen-bond donors (Lipinski definition) is 1. The Bertz CT molecular complexity index is 527. The van der Waals surface area contributed by atoms with E-state index in [9.17, 15) is 19.7 Å². The molecule has 1 unspecified atom stereocenters. The third-order valence-corrected chi connectivity index (χ3v) is 2.34. The summed E-state index contributed by atoms with van der Waals surface area (Å²) in [4.78, 5) is 32.1. The first-order chi connectivity index (χ1) is 8.81. The summed E-state index contributed by atoms with van der Waals surface area (Å²) in [6, 6.07) is 3.69. The van der Waals surface area contributed by atoms with Crippen molar-refractivity contribution in [3.05, 3.63) is 33.9 Å². The summed E-state index contributed by atoms with van der Waals surface area (Å²) >= 11 is 0. The summed E-state index contributed by atoms with van der Waals surface area (Å²) in [5.41, 5.74) is 4.72. The normalized spacial score (nSPS) is 11.7. The van der Waals surface area contributed by atoms with Gasteiger partial charge in [-0.15, -0.1) is 0 Å². The number of amides is 1. The van der Waals surface area contributed by atoms with Crippen LogP contribution in [0.1, 0.15) is 30.6 Å². The minimum atomic E-state index is -0.758. The number of primary amides is 1. The monoisotopic (exact) mass is 266 g/mol. The lowest BCUT2D eigenvalue weighted by Crippen LogP contribution is -2.17. The van der Waals surface area contributed by atoms with Crippen molar-refractivity contribution in [3.8, 4) is 5.75 Å². The van der Waals surface area contributed by atoms with Gasteiger partial charge in [0.15, 0.2) is 5.75 Å². The highest BCUT2D eigenvalue weighted by Gasteiger charge is 2.20. The van der Waals surface area contributed by atoms with Crippen LogP contribution in [0.5, 0.6) is 5.75 Å². The number of nitrogens with zero attached hydrogens (tertiary/aromatic N) is 1. The molecular weight excluding hydrogens is 252 g/mol. The summed E-state index contributed by atoms with van der Waals surface area (Å²) in [6.45, 7) is 3.04. The molecule has 0 aliphatic rings. The van der Waals surface area contributed by atoms with Gasteiger partial charge in [0.05, 0.1) is 4.92 Å². The Morgan fingerprint density at radius 1 is 1.47 bits per heavy atom. The number of nitro groups is 1. The van der Waals surface area contributed by atoms with Gasteiger partial charge in [-0.1, -0.05) is 0 Å². The number of ether oxygens (including phenoxy) is 1. The predicted octanol–water partition coefficient (Wildman–Crippen LogP) is 1.44. The number of ketones is 1. The van der Waals surface area contributed by atoms with Crippen LogP contribution >= 0.6 is 0 Å². The molecule has 1 rings (SSSR count). The molecule has 7 nitrogen and oxygen atoms in total. The molecule has 0 radical (unpaired) electrons. The van der Waals surface area contributed by atoms with E-state index in [-0.39, 0.29) is 29.2 Å². The molecule has 102 valence electrons. The van der Waals surface area contributed by atoms with Crippen molar-refractivity contribution in [1.82, 2.24) is 0 Å². The maximum Gasteiger partial charge on any atom is 0.311 e. The van der Waals surface area contributed by atoms with Crippen LogP contribution in [0.25, 0.3) is 0 Å². The van der Waals surface area contributed by atoms with Crippen LogP contribution in [0.15, 0.2) is 18.2 Å². The average Bonchev–Trinajstić information content (AvgIpc) is 2.27. The molecule has 0 fully saturated rings. The molecule has 1 aromatic carbocycles. The van der Waals surface area contributed by atoms with Crippen LogP contribution < -0.4 is 10.5 Å².